The Bertz CT molecular complexity index is 915. The lowest BCUT2D eigenvalue weighted by Crippen LogP contribution is -2.33. The Morgan fingerprint density at radius 2 is 2.15 bits per heavy atom. The van der Waals surface area contributed by atoms with Crippen molar-refractivity contribution < 1.29 is 19.1 Å². The highest BCUT2D eigenvalue weighted by atomic mass is 35.5. The smallest absolute Gasteiger partial charge is 0.231 e. The largest absolute Gasteiger partial charge is 0.454 e. The highest BCUT2D eigenvalue weighted by molar-refractivity contribution is 7.97. The Labute approximate surface area is 169 Å². The summed E-state index contributed by atoms with van der Waals surface area (Å²) in [6, 6.07) is 5.71. The van der Waals surface area contributed by atoms with Gasteiger partial charge in [-0.25, -0.2) is 4.72 Å². The molecule has 0 radical (unpaired) electrons. The van der Waals surface area contributed by atoms with Gasteiger partial charge in [-0.05, 0) is 60.5 Å². The highest BCUT2D eigenvalue weighted by Crippen LogP contribution is 2.36. The number of nitrogens with zero attached hydrogens (tertiary/aromatic N) is 1. The normalized spacial score (nSPS) is 20.5. The van der Waals surface area contributed by atoms with E-state index in [4.69, 9.17) is 25.9 Å². The molecule has 0 aliphatic carbocycles. The van der Waals surface area contributed by atoms with Crippen molar-refractivity contribution in [3.05, 3.63) is 39.6 Å². The second-order valence-corrected chi connectivity index (χ2v) is 8.49. The molecule has 2 aromatic rings. The molecule has 2 atom stereocenters. The number of benzene rings is 1. The molecule has 1 N–H and O–H groups in total. The zero-order chi connectivity index (χ0) is 19.0. The summed E-state index contributed by atoms with van der Waals surface area (Å²) in [4.78, 5) is 19.7. The predicted molar refractivity (Wildman–Crippen MR) is 106 cm³/mol. The third-order valence-corrected chi connectivity index (χ3v) is 6.86. The van der Waals surface area contributed by atoms with Gasteiger partial charge in [0.05, 0.1) is 10.6 Å². The van der Waals surface area contributed by atoms with Gasteiger partial charge in [-0.2, -0.15) is 0 Å². The Kier molecular flexibility index (Phi) is 5.32. The second kappa shape index (κ2) is 7.71. The van der Waals surface area contributed by atoms with Crippen LogP contribution >= 0.6 is 34.9 Å². The minimum atomic E-state index is -0.421. The molecule has 0 saturated carbocycles. The quantitative estimate of drug-likeness (QED) is 0.427. The second-order valence-electron chi connectivity index (χ2n) is 6.23. The first-order valence-electron chi connectivity index (χ1n) is 8.29. The van der Waals surface area contributed by atoms with E-state index in [0.29, 0.717) is 17.0 Å². The molecule has 9 heteroatoms. The molecule has 3 heterocycles. The van der Waals surface area contributed by atoms with Crippen LogP contribution in [0.5, 0.6) is 11.5 Å². The number of thiophene rings is 1. The molecular formula is C18H17ClN2O4S2. The molecule has 27 heavy (non-hydrogen) atoms. The maximum Gasteiger partial charge on any atom is 0.231 e. The van der Waals surface area contributed by atoms with Crippen LogP contribution in [0.2, 0.25) is 0 Å². The van der Waals surface area contributed by atoms with E-state index in [0.717, 1.165) is 27.5 Å². The lowest BCUT2D eigenvalue weighted by Gasteiger charge is -2.13. The van der Waals surface area contributed by atoms with Crippen LogP contribution < -0.4 is 14.2 Å². The average Bonchev–Trinajstić information content (AvgIpc) is 3.36. The van der Waals surface area contributed by atoms with Crippen molar-refractivity contribution in [3.8, 4) is 11.5 Å². The fraction of sp³-hybridized carbons (Fsp3) is 0.333. The number of alkyl halides is 1. The van der Waals surface area contributed by atoms with Gasteiger partial charge in [-0.1, -0.05) is 5.16 Å². The Balaban J connectivity index is 1.44. The molecule has 6 nitrogen and oxygen atoms in total. The number of Topliss-reactive ketones (excluding diaryl/α,β-unsaturated/α-hetero) is 1. The van der Waals surface area contributed by atoms with E-state index in [-0.39, 0.29) is 18.0 Å². The Morgan fingerprint density at radius 1 is 1.37 bits per heavy atom. The van der Waals surface area contributed by atoms with Gasteiger partial charge in [-0.15, -0.1) is 22.9 Å². The summed E-state index contributed by atoms with van der Waals surface area (Å²) in [6.45, 7) is 4.01. The average molecular weight is 425 g/mol. The number of hydrogen-bond donors (Lipinski definition) is 1. The van der Waals surface area contributed by atoms with E-state index in [2.05, 4.69) is 9.88 Å². The summed E-state index contributed by atoms with van der Waals surface area (Å²) in [6.07, 6.45) is -0.118. The summed E-state index contributed by atoms with van der Waals surface area (Å²) in [5, 5.41) is 5.45. The maximum absolute atomic E-state index is 12.9. The van der Waals surface area contributed by atoms with Gasteiger partial charge in [0.2, 0.25) is 13.0 Å². The molecule has 4 rings (SSSR count). The van der Waals surface area contributed by atoms with Crippen molar-refractivity contribution in [1.82, 2.24) is 4.72 Å². The molecule has 0 saturated heterocycles. The summed E-state index contributed by atoms with van der Waals surface area (Å²) in [5.74, 6) is 1.47. The third-order valence-electron chi connectivity index (χ3n) is 4.32. The van der Waals surface area contributed by atoms with Crippen molar-refractivity contribution in [2.24, 2.45) is 5.16 Å². The van der Waals surface area contributed by atoms with Crippen LogP contribution in [0.15, 0.2) is 33.6 Å². The topological polar surface area (TPSA) is 69.2 Å². The van der Waals surface area contributed by atoms with E-state index in [1.807, 2.05) is 37.4 Å². The number of nitrogens with one attached hydrogen (secondary N) is 1. The molecule has 2 aliphatic rings. The van der Waals surface area contributed by atoms with Gasteiger partial charge in [0.15, 0.2) is 17.3 Å². The number of oxime groups is 1. The van der Waals surface area contributed by atoms with Crippen LogP contribution in [0.1, 0.15) is 27.7 Å². The number of rotatable bonds is 6. The van der Waals surface area contributed by atoms with Crippen molar-refractivity contribution >= 4 is 46.4 Å². The van der Waals surface area contributed by atoms with E-state index < -0.39 is 6.23 Å². The molecule has 142 valence electrons. The van der Waals surface area contributed by atoms with Gasteiger partial charge < -0.3 is 14.3 Å². The first-order valence-corrected chi connectivity index (χ1v) is 10.4. The maximum atomic E-state index is 12.9. The van der Waals surface area contributed by atoms with E-state index in [9.17, 15) is 4.79 Å². The molecule has 0 spiro atoms. The molecule has 2 aliphatic heterocycles. The van der Waals surface area contributed by atoms with E-state index >= 15 is 0 Å². The van der Waals surface area contributed by atoms with Gasteiger partial charge in [0.25, 0.3) is 0 Å². The first kappa shape index (κ1) is 18.6. The van der Waals surface area contributed by atoms with Gasteiger partial charge in [0, 0.05) is 11.3 Å². The summed E-state index contributed by atoms with van der Waals surface area (Å²) >= 11 is 8.98. The number of halogens is 1. The third kappa shape index (κ3) is 3.80. The number of ether oxygens (including phenoxy) is 2. The summed E-state index contributed by atoms with van der Waals surface area (Å²) in [7, 11) is 0. The number of hydrogen-bond acceptors (Lipinski definition) is 8. The van der Waals surface area contributed by atoms with Crippen LogP contribution in [0.3, 0.4) is 0 Å². The number of carbonyl (C=O) groups is 1. The van der Waals surface area contributed by atoms with Crippen LogP contribution in [0.4, 0.5) is 0 Å². The van der Waals surface area contributed by atoms with Crippen LogP contribution in [-0.2, 0) is 11.3 Å². The first-order chi connectivity index (χ1) is 13.0. The number of fused-ring (bicyclic) bond motifs is 1. The molecule has 0 fully saturated rings. The standard InChI is InChI=1S/C18H17ClN2O4S2/c1-9-5-13-14(24-8-23-13)7-11(9)6-12(22)17-15(3-4-26-17)27-21-18-16(19)10(2)20-25-18/h3-5,7,16,18,21H,6,8H2,1-2H3. The zero-order valence-corrected chi connectivity index (χ0v) is 17.0. The van der Waals surface area contributed by atoms with Gasteiger partial charge in [-0.3, -0.25) is 4.79 Å². The van der Waals surface area contributed by atoms with Crippen molar-refractivity contribution in [2.75, 3.05) is 6.79 Å². The Morgan fingerprint density at radius 3 is 2.89 bits per heavy atom. The van der Waals surface area contributed by atoms with Gasteiger partial charge in [0.1, 0.15) is 5.38 Å². The molecule has 1 aromatic carbocycles. The van der Waals surface area contributed by atoms with Crippen molar-refractivity contribution in [1.29, 1.82) is 0 Å². The fourth-order valence-electron chi connectivity index (χ4n) is 2.78. The lowest BCUT2D eigenvalue weighted by atomic mass is 10.0. The summed E-state index contributed by atoms with van der Waals surface area (Å²) in [5.41, 5.74) is 2.67. The van der Waals surface area contributed by atoms with Gasteiger partial charge >= 0.3 is 0 Å². The van der Waals surface area contributed by atoms with Crippen molar-refractivity contribution in [2.45, 2.75) is 36.8 Å². The van der Waals surface area contributed by atoms with Crippen LogP contribution in [-0.4, -0.2) is 29.9 Å². The molecule has 1 aromatic heterocycles. The van der Waals surface area contributed by atoms with E-state index in [1.165, 1.54) is 23.3 Å². The van der Waals surface area contributed by atoms with E-state index in [1.54, 1.807) is 0 Å². The summed E-state index contributed by atoms with van der Waals surface area (Å²) < 4.78 is 13.9. The predicted octanol–water partition coefficient (Wildman–Crippen LogP) is 4.15. The minimum Gasteiger partial charge on any atom is -0.454 e. The Hall–Kier alpha value is -1.74. The lowest BCUT2D eigenvalue weighted by molar-refractivity contribution is 0.0816. The van der Waals surface area contributed by atoms with Crippen molar-refractivity contribution in [3.63, 3.8) is 0 Å². The minimum absolute atomic E-state index is 0.0541. The molecule has 0 bridgehead atoms. The zero-order valence-electron chi connectivity index (χ0n) is 14.7. The van der Waals surface area contributed by atoms with Crippen LogP contribution in [0.25, 0.3) is 0 Å². The SMILES string of the molecule is CC1=NOC(NSc2ccsc2C(=O)Cc2cc3c(cc2C)OCO3)C1Cl. The highest BCUT2D eigenvalue weighted by Gasteiger charge is 2.30. The van der Waals surface area contributed by atoms with Crippen LogP contribution in [0, 0.1) is 6.92 Å². The molecular weight excluding hydrogens is 408 g/mol. The number of carbonyl (C=O) groups excluding carboxylic acids is 1. The number of ketones is 1. The molecule has 2 unspecified atom stereocenters. The number of aryl methyl sites for hydroxylation is 1. The molecule has 0 amide bonds. The fourth-order valence-corrected chi connectivity index (χ4v) is 4.85. The monoisotopic (exact) mass is 424 g/mol.